The number of carbonyl (C=O) groups is 2. The molecule has 1 aliphatic heterocycles. The first kappa shape index (κ1) is 16.9. The number of hydrazone groups is 1. The Morgan fingerprint density at radius 3 is 2.92 bits per heavy atom. The standard InChI is InChI=1S/C18H21N5O2/c24-17(14-22-10-6-2-5-9-18(22)25)21-19-11-15-12-20-23(13-15)16-7-3-1-4-8-16/h1,3-4,7-8,11-13H,2,5-6,9-10,14H2,(H,21,24)/b19-11-. The lowest BCUT2D eigenvalue weighted by Gasteiger charge is -2.18. The van der Waals surface area contributed by atoms with Gasteiger partial charge in [0.1, 0.15) is 6.54 Å². The summed E-state index contributed by atoms with van der Waals surface area (Å²) in [6.45, 7) is 0.694. The fourth-order valence-electron chi connectivity index (χ4n) is 2.72. The summed E-state index contributed by atoms with van der Waals surface area (Å²) in [4.78, 5) is 25.4. The van der Waals surface area contributed by atoms with Crippen molar-refractivity contribution in [3.8, 4) is 5.69 Å². The van der Waals surface area contributed by atoms with Gasteiger partial charge in [-0.1, -0.05) is 24.6 Å². The number of para-hydroxylation sites is 1. The van der Waals surface area contributed by atoms with E-state index in [1.807, 2.05) is 36.5 Å². The fourth-order valence-corrected chi connectivity index (χ4v) is 2.72. The van der Waals surface area contributed by atoms with Gasteiger partial charge in [0.2, 0.25) is 5.91 Å². The summed E-state index contributed by atoms with van der Waals surface area (Å²) in [5.74, 6) is -0.247. The molecular formula is C18H21N5O2. The molecule has 2 aromatic rings. The lowest BCUT2D eigenvalue weighted by atomic mass is 10.2. The van der Waals surface area contributed by atoms with E-state index in [-0.39, 0.29) is 18.4 Å². The van der Waals surface area contributed by atoms with Crippen LogP contribution in [0.1, 0.15) is 31.2 Å². The first-order chi connectivity index (χ1) is 12.2. The van der Waals surface area contributed by atoms with Gasteiger partial charge >= 0.3 is 0 Å². The van der Waals surface area contributed by atoms with Crippen LogP contribution in [-0.2, 0) is 9.59 Å². The highest BCUT2D eigenvalue weighted by molar-refractivity contribution is 5.86. The van der Waals surface area contributed by atoms with E-state index in [0.717, 1.165) is 30.5 Å². The molecule has 0 bridgehead atoms. The van der Waals surface area contributed by atoms with E-state index in [9.17, 15) is 9.59 Å². The van der Waals surface area contributed by atoms with Gasteiger partial charge in [-0.25, -0.2) is 10.1 Å². The third kappa shape index (κ3) is 4.76. The molecule has 1 aliphatic rings. The Morgan fingerprint density at radius 1 is 1.24 bits per heavy atom. The van der Waals surface area contributed by atoms with Crippen molar-refractivity contribution in [2.45, 2.75) is 25.7 Å². The normalized spacial score (nSPS) is 15.4. The molecule has 0 aliphatic carbocycles. The first-order valence-corrected chi connectivity index (χ1v) is 8.42. The molecule has 2 amide bonds. The summed E-state index contributed by atoms with van der Waals surface area (Å²) in [5.41, 5.74) is 4.19. The maximum Gasteiger partial charge on any atom is 0.259 e. The van der Waals surface area contributed by atoms with Crippen LogP contribution in [0.3, 0.4) is 0 Å². The van der Waals surface area contributed by atoms with Gasteiger partial charge in [-0.05, 0) is 25.0 Å². The number of carbonyl (C=O) groups excluding carboxylic acids is 2. The van der Waals surface area contributed by atoms with Crippen LogP contribution in [-0.4, -0.2) is 45.8 Å². The molecule has 2 heterocycles. The number of rotatable bonds is 5. The number of nitrogens with zero attached hydrogens (tertiary/aromatic N) is 4. The number of likely N-dealkylation sites (tertiary alicyclic amines) is 1. The minimum absolute atomic E-state index is 0.0424. The highest BCUT2D eigenvalue weighted by atomic mass is 16.2. The topological polar surface area (TPSA) is 79.6 Å². The SMILES string of the molecule is O=C(CN1CCCCCC1=O)N/N=C\c1cnn(-c2ccccc2)c1. The summed E-state index contributed by atoms with van der Waals surface area (Å²) >= 11 is 0. The van der Waals surface area contributed by atoms with Gasteiger partial charge < -0.3 is 4.90 Å². The van der Waals surface area contributed by atoms with E-state index >= 15 is 0 Å². The zero-order chi connectivity index (χ0) is 17.5. The average molecular weight is 339 g/mol. The van der Waals surface area contributed by atoms with Crippen LogP contribution >= 0.6 is 0 Å². The van der Waals surface area contributed by atoms with Gasteiger partial charge in [0.25, 0.3) is 5.91 Å². The second-order valence-corrected chi connectivity index (χ2v) is 5.97. The predicted octanol–water partition coefficient (Wildman–Crippen LogP) is 1.72. The number of amides is 2. The fraction of sp³-hybridized carbons (Fsp3) is 0.333. The third-order valence-electron chi connectivity index (χ3n) is 4.03. The average Bonchev–Trinajstić information content (AvgIpc) is 3.01. The maximum absolute atomic E-state index is 11.9. The lowest BCUT2D eigenvalue weighted by Crippen LogP contribution is -2.39. The minimum atomic E-state index is -0.290. The molecule has 0 spiro atoms. The molecule has 1 aromatic carbocycles. The molecule has 0 saturated carbocycles. The van der Waals surface area contributed by atoms with Gasteiger partial charge in [-0.3, -0.25) is 9.59 Å². The van der Waals surface area contributed by atoms with E-state index in [1.54, 1.807) is 15.8 Å². The molecule has 130 valence electrons. The van der Waals surface area contributed by atoms with Crippen LogP contribution < -0.4 is 5.43 Å². The van der Waals surface area contributed by atoms with Gasteiger partial charge in [-0.2, -0.15) is 10.2 Å². The van der Waals surface area contributed by atoms with Crippen molar-refractivity contribution in [3.05, 3.63) is 48.3 Å². The number of hydrogen-bond donors (Lipinski definition) is 1. The highest BCUT2D eigenvalue weighted by Crippen LogP contribution is 2.10. The number of aromatic nitrogens is 2. The van der Waals surface area contributed by atoms with Crippen molar-refractivity contribution in [2.75, 3.05) is 13.1 Å². The molecule has 0 unspecified atom stereocenters. The number of hydrogen-bond acceptors (Lipinski definition) is 4. The second-order valence-electron chi connectivity index (χ2n) is 5.97. The van der Waals surface area contributed by atoms with Crippen LogP contribution in [0.5, 0.6) is 0 Å². The van der Waals surface area contributed by atoms with Crippen LogP contribution in [0.4, 0.5) is 0 Å². The van der Waals surface area contributed by atoms with Crippen LogP contribution in [0.15, 0.2) is 47.8 Å². The first-order valence-electron chi connectivity index (χ1n) is 8.42. The van der Waals surface area contributed by atoms with Crippen LogP contribution in [0, 0.1) is 0 Å². The Morgan fingerprint density at radius 2 is 2.08 bits per heavy atom. The van der Waals surface area contributed by atoms with Gasteiger partial charge in [-0.15, -0.1) is 0 Å². The number of benzene rings is 1. The summed E-state index contributed by atoms with van der Waals surface area (Å²) in [6, 6.07) is 9.73. The van der Waals surface area contributed by atoms with Crippen molar-refractivity contribution in [1.29, 1.82) is 0 Å². The summed E-state index contributed by atoms with van der Waals surface area (Å²) < 4.78 is 1.74. The van der Waals surface area contributed by atoms with Crippen molar-refractivity contribution < 1.29 is 9.59 Å². The summed E-state index contributed by atoms with van der Waals surface area (Å²) in [5, 5.41) is 8.20. The van der Waals surface area contributed by atoms with Crippen molar-refractivity contribution in [3.63, 3.8) is 0 Å². The highest BCUT2D eigenvalue weighted by Gasteiger charge is 2.18. The molecule has 0 atom stereocenters. The van der Waals surface area contributed by atoms with Crippen molar-refractivity contribution >= 4 is 18.0 Å². The Labute approximate surface area is 146 Å². The zero-order valence-electron chi connectivity index (χ0n) is 14.0. The monoisotopic (exact) mass is 339 g/mol. The van der Waals surface area contributed by atoms with Gasteiger partial charge in [0.15, 0.2) is 0 Å². The lowest BCUT2D eigenvalue weighted by molar-refractivity contribution is -0.135. The summed E-state index contributed by atoms with van der Waals surface area (Å²) in [7, 11) is 0. The minimum Gasteiger partial charge on any atom is -0.333 e. The molecule has 1 saturated heterocycles. The molecule has 0 radical (unpaired) electrons. The molecule has 3 rings (SSSR count). The van der Waals surface area contributed by atoms with Crippen molar-refractivity contribution in [2.24, 2.45) is 5.10 Å². The summed E-state index contributed by atoms with van der Waals surface area (Å²) in [6.07, 6.45) is 8.43. The van der Waals surface area contributed by atoms with E-state index in [4.69, 9.17) is 0 Å². The molecule has 1 N–H and O–H groups in total. The Bertz CT molecular complexity index is 754. The van der Waals surface area contributed by atoms with E-state index in [1.165, 1.54) is 6.21 Å². The molecular weight excluding hydrogens is 318 g/mol. The molecule has 1 aromatic heterocycles. The molecule has 25 heavy (non-hydrogen) atoms. The van der Waals surface area contributed by atoms with Crippen LogP contribution in [0.2, 0.25) is 0 Å². The molecule has 1 fully saturated rings. The largest absolute Gasteiger partial charge is 0.333 e. The molecule has 7 heteroatoms. The number of nitrogens with one attached hydrogen (secondary N) is 1. The zero-order valence-corrected chi connectivity index (χ0v) is 14.0. The second kappa shape index (κ2) is 8.23. The van der Waals surface area contributed by atoms with Gasteiger partial charge in [0.05, 0.1) is 18.1 Å². The Balaban J connectivity index is 1.52. The Kier molecular flexibility index (Phi) is 5.56. The van der Waals surface area contributed by atoms with E-state index in [0.29, 0.717) is 13.0 Å². The van der Waals surface area contributed by atoms with Gasteiger partial charge in [0, 0.05) is 24.7 Å². The smallest absolute Gasteiger partial charge is 0.259 e. The van der Waals surface area contributed by atoms with Crippen LogP contribution in [0.25, 0.3) is 5.69 Å². The third-order valence-corrected chi connectivity index (χ3v) is 4.03. The van der Waals surface area contributed by atoms with Crippen molar-refractivity contribution in [1.82, 2.24) is 20.1 Å². The quantitative estimate of drug-likeness (QED) is 0.665. The molecule has 7 nitrogen and oxygen atoms in total. The maximum atomic E-state index is 11.9. The van der Waals surface area contributed by atoms with E-state index < -0.39 is 0 Å². The predicted molar refractivity (Wildman–Crippen MR) is 94.3 cm³/mol. The van der Waals surface area contributed by atoms with E-state index in [2.05, 4.69) is 15.6 Å². The Hall–Kier alpha value is -2.96.